The van der Waals surface area contributed by atoms with Crippen molar-refractivity contribution < 1.29 is 0 Å². The van der Waals surface area contributed by atoms with Crippen molar-refractivity contribution in [3.05, 3.63) is 35.5 Å². The summed E-state index contributed by atoms with van der Waals surface area (Å²) in [4.78, 5) is 4.90. The zero-order chi connectivity index (χ0) is 13.1. The van der Waals surface area contributed by atoms with Crippen LogP contribution in [-0.2, 0) is 12.8 Å². The van der Waals surface area contributed by atoms with Gasteiger partial charge in [-0.1, -0.05) is 31.5 Å². The molecule has 1 heterocycles. The molecule has 2 aromatic rings. The van der Waals surface area contributed by atoms with E-state index in [1.165, 1.54) is 48.0 Å². The predicted molar refractivity (Wildman–Crippen MR) is 81.8 cm³/mol. The first kappa shape index (κ1) is 12.5. The third kappa shape index (κ3) is 2.44. The van der Waals surface area contributed by atoms with Crippen molar-refractivity contribution in [3.8, 4) is 0 Å². The SMILES string of the molecule is CCCNc1c2c(nc3ccccc13)CCCCC2. The molecule has 0 saturated carbocycles. The molecular weight excluding hydrogens is 232 g/mol. The Morgan fingerprint density at radius 1 is 1.11 bits per heavy atom. The third-order valence-corrected chi connectivity index (χ3v) is 3.97. The fraction of sp³-hybridized carbons (Fsp3) is 0.471. The van der Waals surface area contributed by atoms with E-state index in [-0.39, 0.29) is 0 Å². The lowest BCUT2D eigenvalue weighted by atomic mass is 10.0. The molecule has 3 rings (SSSR count). The molecule has 100 valence electrons. The number of pyridine rings is 1. The minimum absolute atomic E-state index is 1.04. The molecule has 0 bridgehead atoms. The van der Waals surface area contributed by atoms with Crippen LogP contribution >= 0.6 is 0 Å². The van der Waals surface area contributed by atoms with E-state index in [0.717, 1.165) is 24.9 Å². The average Bonchev–Trinajstić information content (AvgIpc) is 2.68. The van der Waals surface area contributed by atoms with E-state index >= 15 is 0 Å². The van der Waals surface area contributed by atoms with Crippen LogP contribution in [0.5, 0.6) is 0 Å². The first-order valence-electron chi connectivity index (χ1n) is 7.54. The van der Waals surface area contributed by atoms with Gasteiger partial charge in [-0.15, -0.1) is 0 Å². The minimum Gasteiger partial charge on any atom is -0.384 e. The molecular formula is C17H22N2. The Labute approximate surface area is 115 Å². The number of aryl methyl sites for hydroxylation is 1. The summed E-state index contributed by atoms with van der Waals surface area (Å²) in [5.74, 6) is 0. The molecule has 0 aliphatic heterocycles. The van der Waals surface area contributed by atoms with Crippen LogP contribution in [-0.4, -0.2) is 11.5 Å². The highest BCUT2D eigenvalue weighted by Gasteiger charge is 2.16. The largest absolute Gasteiger partial charge is 0.384 e. The van der Waals surface area contributed by atoms with E-state index in [2.05, 4.69) is 36.5 Å². The number of rotatable bonds is 3. The molecule has 0 radical (unpaired) electrons. The number of para-hydroxylation sites is 1. The van der Waals surface area contributed by atoms with Crippen molar-refractivity contribution in [2.45, 2.75) is 45.4 Å². The van der Waals surface area contributed by atoms with Gasteiger partial charge >= 0.3 is 0 Å². The highest BCUT2D eigenvalue weighted by Crippen LogP contribution is 2.32. The normalized spacial score (nSPS) is 15.0. The standard InChI is InChI=1S/C17H22N2/c1-2-12-18-17-13-8-4-3-5-10-15(13)19-16-11-7-6-9-14(16)17/h6-7,9,11H,2-5,8,10,12H2,1H3,(H,18,19). The minimum atomic E-state index is 1.04. The Morgan fingerprint density at radius 2 is 1.95 bits per heavy atom. The van der Waals surface area contributed by atoms with Crippen molar-refractivity contribution >= 4 is 16.6 Å². The number of nitrogens with one attached hydrogen (secondary N) is 1. The number of anilines is 1. The van der Waals surface area contributed by atoms with Gasteiger partial charge in [0.15, 0.2) is 0 Å². The summed E-state index contributed by atoms with van der Waals surface area (Å²) >= 11 is 0. The summed E-state index contributed by atoms with van der Waals surface area (Å²) in [6.45, 7) is 3.26. The highest BCUT2D eigenvalue weighted by atomic mass is 14.9. The summed E-state index contributed by atoms with van der Waals surface area (Å²) in [5, 5.41) is 4.94. The monoisotopic (exact) mass is 254 g/mol. The van der Waals surface area contributed by atoms with E-state index in [4.69, 9.17) is 4.98 Å². The maximum absolute atomic E-state index is 4.90. The van der Waals surface area contributed by atoms with Crippen LogP contribution in [0.4, 0.5) is 5.69 Å². The van der Waals surface area contributed by atoms with Crippen LogP contribution in [0.2, 0.25) is 0 Å². The second-order valence-corrected chi connectivity index (χ2v) is 5.42. The topological polar surface area (TPSA) is 24.9 Å². The van der Waals surface area contributed by atoms with Gasteiger partial charge in [-0.25, -0.2) is 0 Å². The number of hydrogen-bond donors (Lipinski definition) is 1. The van der Waals surface area contributed by atoms with Gasteiger partial charge in [0, 0.05) is 23.3 Å². The zero-order valence-electron chi connectivity index (χ0n) is 11.7. The lowest BCUT2D eigenvalue weighted by molar-refractivity contribution is 0.709. The number of benzene rings is 1. The summed E-state index contributed by atoms with van der Waals surface area (Å²) < 4.78 is 0. The quantitative estimate of drug-likeness (QED) is 0.825. The Hall–Kier alpha value is -1.57. The molecule has 2 heteroatoms. The molecule has 2 nitrogen and oxygen atoms in total. The summed E-state index contributed by atoms with van der Waals surface area (Å²) in [7, 11) is 0. The Kier molecular flexibility index (Phi) is 3.67. The van der Waals surface area contributed by atoms with E-state index in [9.17, 15) is 0 Å². The van der Waals surface area contributed by atoms with E-state index < -0.39 is 0 Å². The first-order valence-corrected chi connectivity index (χ1v) is 7.54. The number of hydrogen-bond acceptors (Lipinski definition) is 2. The van der Waals surface area contributed by atoms with Crippen molar-refractivity contribution in [3.63, 3.8) is 0 Å². The van der Waals surface area contributed by atoms with Crippen molar-refractivity contribution in [2.75, 3.05) is 11.9 Å². The van der Waals surface area contributed by atoms with E-state index in [1.54, 1.807) is 0 Å². The maximum Gasteiger partial charge on any atom is 0.0726 e. The Morgan fingerprint density at radius 3 is 2.84 bits per heavy atom. The molecule has 0 fully saturated rings. The smallest absolute Gasteiger partial charge is 0.0726 e. The third-order valence-electron chi connectivity index (χ3n) is 3.97. The predicted octanol–water partition coefficient (Wildman–Crippen LogP) is 4.33. The van der Waals surface area contributed by atoms with Gasteiger partial charge in [0.1, 0.15) is 0 Å². The van der Waals surface area contributed by atoms with Gasteiger partial charge in [0.05, 0.1) is 5.52 Å². The molecule has 19 heavy (non-hydrogen) atoms. The van der Waals surface area contributed by atoms with Gasteiger partial charge in [-0.3, -0.25) is 4.98 Å². The van der Waals surface area contributed by atoms with Crippen LogP contribution in [0.25, 0.3) is 10.9 Å². The molecule has 1 aliphatic carbocycles. The second kappa shape index (κ2) is 5.60. The molecule has 1 aromatic carbocycles. The molecule has 0 unspecified atom stereocenters. The van der Waals surface area contributed by atoms with Crippen LogP contribution in [0.15, 0.2) is 24.3 Å². The van der Waals surface area contributed by atoms with Crippen molar-refractivity contribution in [2.24, 2.45) is 0 Å². The lowest BCUT2D eigenvalue weighted by Gasteiger charge is -2.16. The highest BCUT2D eigenvalue weighted by molar-refractivity contribution is 5.93. The second-order valence-electron chi connectivity index (χ2n) is 5.42. The lowest BCUT2D eigenvalue weighted by Crippen LogP contribution is -2.07. The van der Waals surface area contributed by atoms with Crippen LogP contribution in [0, 0.1) is 0 Å². The Balaban J connectivity index is 2.17. The Bertz CT molecular complexity index is 575. The number of fused-ring (bicyclic) bond motifs is 2. The van der Waals surface area contributed by atoms with E-state index in [1.807, 2.05) is 0 Å². The van der Waals surface area contributed by atoms with Crippen LogP contribution in [0.3, 0.4) is 0 Å². The summed E-state index contributed by atoms with van der Waals surface area (Å²) in [6.07, 6.45) is 7.39. The summed E-state index contributed by atoms with van der Waals surface area (Å²) in [6, 6.07) is 8.54. The molecule has 0 spiro atoms. The maximum atomic E-state index is 4.90. The molecule has 0 amide bonds. The van der Waals surface area contributed by atoms with Gasteiger partial charge in [-0.2, -0.15) is 0 Å². The zero-order valence-corrected chi connectivity index (χ0v) is 11.7. The van der Waals surface area contributed by atoms with Crippen molar-refractivity contribution in [1.29, 1.82) is 0 Å². The van der Waals surface area contributed by atoms with Gasteiger partial charge in [0.2, 0.25) is 0 Å². The van der Waals surface area contributed by atoms with E-state index in [0.29, 0.717) is 0 Å². The molecule has 1 aliphatic rings. The van der Waals surface area contributed by atoms with Crippen LogP contribution < -0.4 is 5.32 Å². The summed E-state index contributed by atoms with van der Waals surface area (Å²) in [5.41, 5.74) is 5.30. The first-order chi connectivity index (χ1) is 9.40. The van der Waals surface area contributed by atoms with Crippen LogP contribution in [0.1, 0.15) is 43.9 Å². The molecule has 1 aromatic heterocycles. The molecule has 0 saturated heterocycles. The molecule has 0 atom stereocenters. The van der Waals surface area contributed by atoms with Gasteiger partial charge in [0.25, 0.3) is 0 Å². The number of aromatic nitrogens is 1. The average molecular weight is 254 g/mol. The fourth-order valence-corrected chi connectivity index (χ4v) is 3.00. The number of nitrogens with zero attached hydrogens (tertiary/aromatic N) is 1. The fourth-order valence-electron chi connectivity index (χ4n) is 3.00. The van der Waals surface area contributed by atoms with Crippen molar-refractivity contribution in [1.82, 2.24) is 4.98 Å². The van der Waals surface area contributed by atoms with Gasteiger partial charge in [-0.05, 0) is 43.7 Å². The van der Waals surface area contributed by atoms with Gasteiger partial charge < -0.3 is 5.32 Å². The molecule has 1 N–H and O–H groups in total.